The molecule has 0 radical (unpaired) electrons. The molecule has 72 valence electrons. The van der Waals surface area contributed by atoms with Crippen LogP contribution in [0.15, 0.2) is 8.11 Å². The molecule has 0 aliphatic carbocycles. The Balaban J connectivity index is 2.58. The Hall–Kier alpha value is 1.18. The van der Waals surface area contributed by atoms with Gasteiger partial charge in [-0.3, -0.25) is 0 Å². The van der Waals surface area contributed by atoms with E-state index in [0.717, 1.165) is 17.9 Å². The van der Waals surface area contributed by atoms with Crippen LogP contribution in [0.5, 0.6) is 0 Å². The fourth-order valence-electron chi connectivity index (χ4n) is 1.47. The van der Waals surface area contributed by atoms with Gasteiger partial charge in [0.15, 0.2) is 0 Å². The number of aliphatic hydroxyl groups excluding tert-OH is 1. The second kappa shape index (κ2) is 5.91. The van der Waals surface area contributed by atoms with Crippen molar-refractivity contribution in [3.63, 3.8) is 0 Å². The van der Waals surface area contributed by atoms with Gasteiger partial charge in [-0.15, -0.1) is 0 Å². The molecule has 5 heteroatoms. The summed E-state index contributed by atoms with van der Waals surface area (Å²) in [5.74, 6) is 0. The van der Waals surface area contributed by atoms with Crippen molar-refractivity contribution in [2.45, 2.75) is 32.0 Å². The molecule has 0 amide bonds. The SMILES string of the molecule is CC1OC(CCCO)[C]([Hg][Cl])=C1Cl. The van der Waals surface area contributed by atoms with E-state index in [4.69, 9.17) is 29.7 Å². The number of hydrogen-bond acceptors (Lipinski definition) is 2. The number of ether oxygens (including phenoxy) is 1. The first-order chi connectivity index (χ1) is 6.20. The summed E-state index contributed by atoms with van der Waals surface area (Å²) >= 11 is 4.61. The molecule has 13 heavy (non-hydrogen) atoms. The minimum absolute atomic E-state index is 0.0131. The predicted molar refractivity (Wildman–Crippen MR) is 49.4 cm³/mol. The van der Waals surface area contributed by atoms with Crippen molar-refractivity contribution in [1.29, 1.82) is 0 Å². The van der Waals surface area contributed by atoms with Crippen LogP contribution in [-0.2, 0) is 28.1 Å². The van der Waals surface area contributed by atoms with Gasteiger partial charge in [-0.25, -0.2) is 0 Å². The number of halogens is 2. The average molecular weight is 412 g/mol. The van der Waals surface area contributed by atoms with Crippen LogP contribution in [0.25, 0.3) is 0 Å². The third-order valence-electron chi connectivity index (χ3n) is 2.19. The molecule has 1 N–H and O–H groups in total. The molecule has 0 fully saturated rings. The van der Waals surface area contributed by atoms with Crippen LogP contribution in [0.3, 0.4) is 0 Å². The molecule has 1 aliphatic heterocycles. The Morgan fingerprint density at radius 2 is 2.31 bits per heavy atom. The second-order valence-corrected chi connectivity index (χ2v) is 9.89. The maximum absolute atomic E-state index is 8.70. The molecule has 1 heterocycles. The molecule has 0 spiro atoms. The van der Waals surface area contributed by atoms with Gasteiger partial charge in [-0.1, -0.05) is 0 Å². The van der Waals surface area contributed by atoms with Gasteiger partial charge < -0.3 is 0 Å². The van der Waals surface area contributed by atoms with E-state index in [1.54, 1.807) is 0 Å². The van der Waals surface area contributed by atoms with E-state index in [2.05, 4.69) is 0 Å². The van der Waals surface area contributed by atoms with E-state index in [0.29, 0.717) is 0 Å². The van der Waals surface area contributed by atoms with Crippen molar-refractivity contribution in [2.75, 3.05) is 6.61 Å². The summed E-state index contributed by atoms with van der Waals surface area (Å²) in [5, 5.41) is 9.53. The first-order valence-corrected chi connectivity index (χ1v) is 14.3. The van der Waals surface area contributed by atoms with Gasteiger partial charge in [-0.05, 0) is 0 Å². The maximum atomic E-state index is 8.70. The molecule has 0 aromatic heterocycles. The van der Waals surface area contributed by atoms with Crippen molar-refractivity contribution in [3.05, 3.63) is 8.11 Å². The molecular formula is C8H12Cl2HgO2. The molecule has 0 aromatic rings. The summed E-state index contributed by atoms with van der Waals surface area (Å²) in [6.07, 6.45) is 1.72. The minimum atomic E-state index is -1.45. The zero-order chi connectivity index (χ0) is 9.84. The van der Waals surface area contributed by atoms with E-state index >= 15 is 0 Å². The summed E-state index contributed by atoms with van der Waals surface area (Å²) in [6.45, 7) is 2.15. The molecule has 0 saturated heterocycles. The second-order valence-electron chi connectivity index (χ2n) is 3.14. The molecule has 2 nitrogen and oxygen atoms in total. The van der Waals surface area contributed by atoms with Crippen molar-refractivity contribution in [3.8, 4) is 0 Å². The van der Waals surface area contributed by atoms with E-state index in [1.807, 2.05) is 6.92 Å². The first kappa shape index (κ1) is 12.2. The predicted octanol–water partition coefficient (Wildman–Crippen LogP) is 2.23. The van der Waals surface area contributed by atoms with Crippen LogP contribution < -0.4 is 0 Å². The van der Waals surface area contributed by atoms with Crippen molar-refractivity contribution < 1.29 is 33.2 Å². The van der Waals surface area contributed by atoms with Gasteiger partial charge in [0.1, 0.15) is 0 Å². The molecule has 0 saturated carbocycles. The van der Waals surface area contributed by atoms with Crippen LogP contribution in [-0.4, -0.2) is 23.9 Å². The summed E-state index contributed by atoms with van der Waals surface area (Å²) in [6, 6.07) is 0. The van der Waals surface area contributed by atoms with Crippen LogP contribution in [0.4, 0.5) is 0 Å². The van der Waals surface area contributed by atoms with Gasteiger partial charge in [0.05, 0.1) is 0 Å². The van der Waals surface area contributed by atoms with E-state index in [1.165, 1.54) is 3.08 Å². The summed E-state index contributed by atoms with van der Waals surface area (Å²) in [4.78, 5) is 0. The summed E-state index contributed by atoms with van der Waals surface area (Å²) in [5.41, 5.74) is 0. The van der Waals surface area contributed by atoms with Crippen molar-refractivity contribution in [2.24, 2.45) is 0 Å². The third-order valence-corrected chi connectivity index (χ3v) is 10.5. The topological polar surface area (TPSA) is 29.5 Å². The zero-order valence-corrected chi connectivity index (χ0v) is 14.6. The molecular weight excluding hydrogens is 400 g/mol. The van der Waals surface area contributed by atoms with Gasteiger partial charge >= 0.3 is 99.7 Å². The fourth-order valence-corrected chi connectivity index (χ4v) is 9.06. The molecule has 0 bridgehead atoms. The third kappa shape index (κ3) is 3.06. The molecule has 0 aromatic carbocycles. The summed E-state index contributed by atoms with van der Waals surface area (Å²) in [7, 11) is 5.98. The van der Waals surface area contributed by atoms with E-state index < -0.39 is 23.3 Å². The Bertz CT molecular complexity index is 208. The zero-order valence-electron chi connectivity index (χ0n) is 7.59. The van der Waals surface area contributed by atoms with Gasteiger partial charge in [0.2, 0.25) is 0 Å². The van der Waals surface area contributed by atoms with Crippen LogP contribution in [0.2, 0.25) is 0 Å². The summed E-state index contributed by atoms with van der Waals surface area (Å²) < 4.78 is 6.83. The Morgan fingerprint density at radius 3 is 2.85 bits per heavy atom. The molecule has 1 aliphatic rings. The van der Waals surface area contributed by atoms with Crippen LogP contribution >= 0.6 is 19.9 Å². The average Bonchev–Trinajstić information content (AvgIpc) is 2.39. The number of aliphatic hydroxyl groups is 1. The molecule has 2 unspecified atom stereocenters. The first-order valence-electron chi connectivity index (χ1n) is 4.41. The fraction of sp³-hybridized carbons (Fsp3) is 0.750. The van der Waals surface area contributed by atoms with E-state index in [9.17, 15) is 0 Å². The molecule has 1 rings (SSSR count). The molecule has 2 atom stereocenters. The number of hydrogen-bond donors (Lipinski definition) is 1. The number of rotatable bonds is 4. The Morgan fingerprint density at radius 1 is 1.62 bits per heavy atom. The van der Waals surface area contributed by atoms with Crippen LogP contribution in [0.1, 0.15) is 19.8 Å². The monoisotopic (exact) mass is 412 g/mol. The Kier molecular flexibility index (Phi) is 5.57. The van der Waals surface area contributed by atoms with E-state index in [-0.39, 0.29) is 18.8 Å². The quantitative estimate of drug-likeness (QED) is 0.719. The normalized spacial score (nSPS) is 28.0. The van der Waals surface area contributed by atoms with Crippen molar-refractivity contribution in [1.82, 2.24) is 0 Å². The standard InChI is InChI=1S/C8H12ClO2.ClH.Hg/c1-6-8(9)5-7(11-6)3-2-4-10;;/h6-7,10H,2-4H2,1H3;1H;/q;;+1/p-1. The van der Waals surface area contributed by atoms with Crippen LogP contribution in [0, 0.1) is 0 Å². The van der Waals surface area contributed by atoms with Gasteiger partial charge in [-0.2, -0.15) is 0 Å². The van der Waals surface area contributed by atoms with Crippen molar-refractivity contribution >= 4 is 19.9 Å². The van der Waals surface area contributed by atoms with Gasteiger partial charge in [0, 0.05) is 0 Å². The Labute approximate surface area is 99.1 Å². The van der Waals surface area contributed by atoms with Gasteiger partial charge in [0.25, 0.3) is 0 Å².